The summed E-state index contributed by atoms with van der Waals surface area (Å²) in [4.78, 5) is 19.0. The summed E-state index contributed by atoms with van der Waals surface area (Å²) < 4.78 is 1.49. The van der Waals surface area contributed by atoms with Crippen molar-refractivity contribution in [3.8, 4) is 0 Å². The van der Waals surface area contributed by atoms with Crippen LogP contribution in [0, 0.1) is 0 Å². The highest BCUT2D eigenvalue weighted by molar-refractivity contribution is 5.79. The van der Waals surface area contributed by atoms with Gasteiger partial charge >= 0.3 is 5.97 Å². The number of carboxylic acids is 1. The maximum absolute atomic E-state index is 11.1. The fraction of sp³-hybridized carbons (Fsp3) is 0.333. The van der Waals surface area contributed by atoms with Crippen molar-refractivity contribution in [1.29, 1.82) is 0 Å². The number of hydrogen-bond acceptors (Lipinski definition) is 4. The van der Waals surface area contributed by atoms with Crippen LogP contribution in [0.15, 0.2) is 18.7 Å². The molecule has 2 aromatic rings. The quantitative estimate of drug-likeness (QED) is 0.773. The van der Waals surface area contributed by atoms with Crippen molar-refractivity contribution >= 4 is 11.6 Å². The summed E-state index contributed by atoms with van der Waals surface area (Å²) in [6, 6.07) is 0. The zero-order valence-electron chi connectivity index (χ0n) is 8.38. The maximum atomic E-state index is 11.1. The summed E-state index contributed by atoms with van der Waals surface area (Å²) in [6.45, 7) is 3.21. The van der Waals surface area contributed by atoms with Crippen molar-refractivity contribution in [2.24, 2.45) is 0 Å². The number of hydrogen-bond donors (Lipinski definition) is 1. The standard InChI is InChI=1S/C9H10N4O2/c1-9(2,8(14)15)6-3-10-4-7-11-5-12-13(6)7/h3-5H,1-2H3,(H,14,15). The van der Waals surface area contributed by atoms with Crippen LogP contribution < -0.4 is 0 Å². The van der Waals surface area contributed by atoms with Crippen molar-refractivity contribution in [3.05, 3.63) is 24.4 Å². The van der Waals surface area contributed by atoms with Gasteiger partial charge in [-0.3, -0.25) is 9.78 Å². The minimum atomic E-state index is -1.04. The lowest BCUT2D eigenvalue weighted by Gasteiger charge is -2.19. The van der Waals surface area contributed by atoms with Crippen molar-refractivity contribution in [1.82, 2.24) is 19.6 Å². The van der Waals surface area contributed by atoms with Crippen LogP contribution in [0.25, 0.3) is 5.65 Å². The average molecular weight is 206 g/mol. The second-order valence-corrected chi connectivity index (χ2v) is 3.75. The molecule has 0 spiro atoms. The molecule has 0 radical (unpaired) electrons. The molecular formula is C9H10N4O2. The normalized spacial score (nSPS) is 11.9. The first-order chi connectivity index (χ1) is 7.03. The summed E-state index contributed by atoms with van der Waals surface area (Å²) in [6.07, 6.45) is 4.41. The summed E-state index contributed by atoms with van der Waals surface area (Å²) in [5, 5.41) is 13.1. The molecule has 0 amide bonds. The van der Waals surface area contributed by atoms with Crippen LogP contribution in [0.1, 0.15) is 19.5 Å². The molecule has 2 heterocycles. The van der Waals surface area contributed by atoms with Crippen LogP contribution in [0.4, 0.5) is 0 Å². The largest absolute Gasteiger partial charge is 0.481 e. The Morgan fingerprint density at radius 2 is 2.20 bits per heavy atom. The van der Waals surface area contributed by atoms with E-state index in [-0.39, 0.29) is 0 Å². The van der Waals surface area contributed by atoms with E-state index < -0.39 is 11.4 Å². The number of carbonyl (C=O) groups is 1. The van der Waals surface area contributed by atoms with Gasteiger partial charge in [0.2, 0.25) is 0 Å². The predicted octanol–water partition coefficient (Wildman–Crippen LogP) is 0.486. The number of fused-ring (bicyclic) bond motifs is 1. The van der Waals surface area contributed by atoms with Gasteiger partial charge in [0.1, 0.15) is 11.7 Å². The molecule has 0 fully saturated rings. The number of rotatable bonds is 2. The highest BCUT2D eigenvalue weighted by Gasteiger charge is 2.32. The first-order valence-corrected chi connectivity index (χ1v) is 4.41. The lowest BCUT2D eigenvalue weighted by molar-refractivity contribution is -0.142. The molecule has 6 heteroatoms. The van der Waals surface area contributed by atoms with Crippen LogP contribution >= 0.6 is 0 Å². The molecule has 0 aliphatic carbocycles. The van der Waals surface area contributed by atoms with Crippen LogP contribution in [0.3, 0.4) is 0 Å². The summed E-state index contributed by atoms with van der Waals surface area (Å²) in [5.74, 6) is -0.924. The van der Waals surface area contributed by atoms with Gasteiger partial charge in [-0.05, 0) is 13.8 Å². The topological polar surface area (TPSA) is 80.4 Å². The third-order valence-electron chi connectivity index (χ3n) is 2.36. The highest BCUT2D eigenvalue weighted by Crippen LogP contribution is 2.22. The number of aromatic nitrogens is 4. The minimum absolute atomic E-state index is 0.505. The Morgan fingerprint density at radius 1 is 1.47 bits per heavy atom. The van der Waals surface area contributed by atoms with E-state index in [9.17, 15) is 4.79 Å². The molecule has 15 heavy (non-hydrogen) atoms. The minimum Gasteiger partial charge on any atom is -0.481 e. The Balaban J connectivity index is 2.71. The second-order valence-electron chi connectivity index (χ2n) is 3.75. The molecule has 0 aliphatic rings. The molecule has 78 valence electrons. The number of carboxylic acid groups (broad SMARTS) is 1. The molecule has 1 N–H and O–H groups in total. The van der Waals surface area contributed by atoms with Crippen molar-refractivity contribution in [2.45, 2.75) is 19.3 Å². The van der Waals surface area contributed by atoms with Gasteiger partial charge in [0.05, 0.1) is 11.9 Å². The molecule has 0 atom stereocenters. The number of aliphatic carboxylic acids is 1. The Bertz CT molecular complexity index is 518. The third kappa shape index (κ3) is 1.34. The molecule has 0 bridgehead atoms. The van der Waals surface area contributed by atoms with E-state index in [1.807, 2.05) is 0 Å². The summed E-state index contributed by atoms with van der Waals surface area (Å²) in [7, 11) is 0. The van der Waals surface area contributed by atoms with Gasteiger partial charge in [0, 0.05) is 6.20 Å². The second kappa shape index (κ2) is 3.01. The molecule has 0 aliphatic heterocycles. The lowest BCUT2D eigenvalue weighted by atomic mass is 9.90. The fourth-order valence-electron chi connectivity index (χ4n) is 1.29. The Hall–Kier alpha value is -1.98. The molecule has 0 unspecified atom stereocenters. The molecule has 0 aromatic carbocycles. The van der Waals surface area contributed by atoms with Gasteiger partial charge in [0.25, 0.3) is 0 Å². The fourth-order valence-corrected chi connectivity index (χ4v) is 1.29. The van der Waals surface area contributed by atoms with Gasteiger partial charge in [-0.1, -0.05) is 0 Å². The van der Waals surface area contributed by atoms with E-state index in [1.54, 1.807) is 13.8 Å². The van der Waals surface area contributed by atoms with Crippen LogP contribution in [-0.4, -0.2) is 30.7 Å². The summed E-state index contributed by atoms with van der Waals surface area (Å²) in [5.41, 5.74) is 0.00653. The third-order valence-corrected chi connectivity index (χ3v) is 2.36. The van der Waals surface area contributed by atoms with Crippen LogP contribution in [-0.2, 0) is 10.2 Å². The van der Waals surface area contributed by atoms with Gasteiger partial charge in [-0.2, -0.15) is 5.10 Å². The zero-order chi connectivity index (χ0) is 11.1. The Morgan fingerprint density at radius 3 is 2.87 bits per heavy atom. The molecule has 0 saturated heterocycles. The number of nitrogens with zero attached hydrogens (tertiary/aromatic N) is 4. The van der Waals surface area contributed by atoms with Gasteiger partial charge in [-0.25, -0.2) is 9.50 Å². The van der Waals surface area contributed by atoms with Crippen LogP contribution in [0.2, 0.25) is 0 Å². The van der Waals surface area contributed by atoms with Crippen molar-refractivity contribution in [2.75, 3.05) is 0 Å². The maximum Gasteiger partial charge on any atom is 0.315 e. The monoisotopic (exact) mass is 206 g/mol. The van der Waals surface area contributed by atoms with E-state index >= 15 is 0 Å². The first-order valence-electron chi connectivity index (χ1n) is 4.41. The zero-order valence-corrected chi connectivity index (χ0v) is 8.38. The predicted molar refractivity (Wildman–Crippen MR) is 51.4 cm³/mol. The molecule has 2 rings (SSSR count). The molecule has 2 aromatic heterocycles. The van der Waals surface area contributed by atoms with Gasteiger partial charge < -0.3 is 5.11 Å². The highest BCUT2D eigenvalue weighted by atomic mass is 16.4. The van der Waals surface area contributed by atoms with E-state index in [2.05, 4.69) is 15.1 Å². The average Bonchev–Trinajstić information content (AvgIpc) is 2.64. The van der Waals surface area contributed by atoms with Crippen molar-refractivity contribution < 1.29 is 9.90 Å². The lowest BCUT2D eigenvalue weighted by Crippen LogP contribution is -2.31. The molecule has 6 nitrogen and oxygen atoms in total. The van der Waals surface area contributed by atoms with E-state index in [1.165, 1.54) is 23.2 Å². The van der Waals surface area contributed by atoms with E-state index in [0.717, 1.165) is 0 Å². The van der Waals surface area contributed by atoms with E-state index in [4.69, 9.17) is 5.11 Å². The van der Waals surface area contributed by atoms with E-state index in [0.29, 0.717) is 11.3 Å². The summed E-state index contributed by atoms with van der Waals surface area (Å²) >= 11 is 0. The first kappa shape index (κ1) is 9.57. The molecule has 0 saturated carbocycles. The van der Waals surface area contributed by atoms with Crippen LogP contribution in [0.5, 0.6) is 0 Å². The van der Waals surface area contributed by atoms with Gasteiger partial charge in [-0.15, -0.1) is 0 Å². The van der Waals surface area contributed by atoms with Crippen molar-refractivity contribution in [3.63, 3.8) is 0 Å². The SMILES string of the molecule is CC(C)(C(=O)O)c1cncc2ncnn12. The Labute approximate surface area is 85.6 Å². The Kier molecular flexibility index (Phi) is 1.92. The molecular weight excluding hydrogens is 196 g/mol. The smallest absolute Gasteiger partial charge is 0.315 e. The van der Waals surface area contributed by atoms with Gasteiger partial charge in [0.15, 0.2) is 5.65 Å².